The van der Waals surface area contributed by atoms with Gasteiger partial charge in [-0.1, -0.05) is 6.07 Å². The second-order valence-electron chi connectivity index (χ2n) is 4.52. The minimum absolute atomic E-state index is 0.0917. The van der Waals surface area contributed by atoms with E-state index >= 15 is 0 Å². The number of rotatable bonds is 4. The van der Waals surface area contributed by atoms with E-state index in [1.165, 1.54) is 6.07 Å². The molecule has 0 aliphatic rings. The van der Waals surface area contributed by atoms with Crippen molar-refractivity contribution in [2.45, 2.75) is 19.0 Å². The molecule has 3 N–H and O–H groups in total. The topological polar surface area (TPSA) is 95.3 Å². The monoisotopic (exact) mass is 316 g/mol. The van der Waals surface area contributed by atoms with Crippen LogP contribution in [0.4, 0.5) is 13.2 Å². The lowest BCUT2D eigenvalue weighted by molar-refractivity contribution is -0.138. The third kappa shape index (κ3) is 3.13. The van der Waals surface area contributed by atoms with E-state index in [1.807, 2.05) is 0 Å². The normalized spacial score (nSPS) is 11.6. The van der Waals surface area contributed by atoms with E-state index in [9.17, 15) is 27.9 Å². The zero-order valence-electron chi connectivity index (χ0n) is 11.0. The van der Waals surface area contributed by atoms with Gasteiger partial charge in [0.05, 0.1) is 16.8 Å². The van der Waals surface area contributed by atoms with Crippen LogP contribution in [0.3, 0.4) is 0 Å². The minimum Gasteiger partial charge on any atom is -0.493 e. The maximum atomic E-state index is 12.7. The standard InChI is InChI=1S/C13H11F3N2O4/c14-13(15,16)7-2-1-3-8(6-7)18-12(22)9(11(21)17-18)4-5-10(19)20/h1-3,6,22H,4-5H2,(H,17,21)(H,19,20). The molecule has 2 aromatic rings. The number of carboxylic acids is 1. The van der Waals surface area contributed by atoms with Gasteiger partial charge in [-0.2, -0.15) is 13.2 Å². The molecular formula is C13H11F3N2O4. The van der Waals surface area contributed by atoms with E-state index in [-0.39, 0.29) is 24.1 Å². The molecule has 1 aromatic heterocycles. The van der Waals surface area contributed by atoms with Crippen LogP contribution >= 0.6 is 0 Å². The van der Waals surface area contributed by atoms with Crippen LogP contribution in [0, 0.1) is 0 Å². The Kier molecular flexibility index (Phi) is 3.98. The SMILES string of the molecule is O=C(O)CCc1c(O)n(-c2cccc(C(F)(F)F)c2)[nH]c1=O. The highest BCUT2D eigenvalue weighted by atomic mass is 19.4. The van der Waals surface area contributed by atoms with E-state index < -0.39 is 29.1 Å². The summed E-state index contributed by atoms with van der Waals surface area (Å²) in [4.78, 5) is 22.2. The number of hydrogen-bond donors (Lipinski definition) is 3. The zero-order chi connectivity index (χ0) is 16.5. The van der Waals surface area contributed by atoms with Gasteiger partial charge >= 0.3 is 12.1 Å². The van der Waals surface area contributed by atoms with Crippen molar-refractivity contribution >= 4 is 5.97 Å². The lowest BCUT2D eigenvalue weighted by Gasteiger charge is -2.09. The molecule has 0 atom stereocenters. The van der Waals surface area contributed by atoms with Crippen LogP contribution in [0.5, 0.6) is 5.88 Å². The van der Waals surface area contributed by atoms with Crippen LogP contribution in [0.25, 0.3) is 5.69 Å². The lowest BCUT2D eigenvalue weighted by atomic mass is 10.2. The molecule has 0 saturated carbocycles. The average Bonchev–Trinajstić information content (AvgIpc) is 2.71. The number of carbonyl (C=O) groups is 1. The first-order chi connectivity index (χ1) is 10.2. The summed E-state index contributed by atoms with van der Waals surface area (Å²) in [5.41, 5.74) is -1.98. The van der Waals surface area contributed by atoms with E-state index in [0.717, 1.165) is 22.9 Å². The van der Waals surface area contributed by atoms with Crippen molar-refractivity contribution in [2.75, 3.05) is 0 Å². The van der Waals surface area contributed by atoms with Crippen molar-refractivity contribution < 1.29 is 28.2 Å². The largest absolute Gasteiger partial charge is 0.493 e. The summed E-state index contributed by atoms with van der Waals surface area (Å²) >= 11 is 0. The number of aromatic amines is 1. The van der Waals surface area contributed by atoms with Crippen molar-refractivity contribution in [2.24, 2.45) is 0 Å². The number of benzene rings is 1. The number of H-pyrrole nitrogens is 1. The first-order valence-electron chi connectivity index (χ1n) is 6.12. The van der Waals surface area contributed by atoms with Gasteiger partial charge in [0.1, 0.15) is 0 Å². The summed E-state index contributed by atoms with van der Waals surface area (Å²) in [6, 6.07) is 4.02. The van der Waals surface area contributed by atoms with Gasteiger partial charge in [-0.25, -0.2) is 4.68 Å². The molecular weight excluding hydrogens is 305 g/mol. The molecule has 2 rings (SSSR count). The fraction of sp³-hybridized carbons (Fsp3) is 0.231. The Morgan fingerprint density at radius 1 is 1.32 bits per heavy atom. The average molecular weight is 316 g/mol. The maximum absolute atomic E-state index is 12.7. The molecule has 0 aliphatic heterocycles. The van der Waals surface area contributed by atoms with Gasteiger partial charge in [0, 0.05) is 6.42 Å². The Morgan fingerprint density at radius 3 is 2.59 bits per heavy atom. The molecule has 0 saturated heterocycles. The molecule has 118 valence electrons. The number of alkyl halides is 3. The predicted octanol–water partition coefficient (Wildman–Crippen LogP) is 1.91. The van der Waals surface area contributed by atoms with Crippen molar-refractivity contribution in [3.05, 3.63) is 45.7 Å². The molecule has 0 unspecified atom stereocenters. The van der Waals surface area contributed by atoms with Crippen LogP contribution < -0.4 is 5.56 Å². The Morgan fingerprint density at radius 2 is 2.00 bits per heavy atom. The van der Waals surface area contributed by atoms with Gasteiger partial charge in [-0.05, 0) is 24.6 Å². The van der Waals surface area contributed by atoms with Crippen molar-refractivity contribution in [3.63, 3.8) is 0 Å². The molecule has 0 radical (unpaired) electrons. The van der Waals surface area contributed by atoms with Gasteiger partial charge in [0.15, 0.2) is 0 Å². The van der Waals surface area contributed by atoms with Crippen LogP contribution in [0.1, 0.15) is 17.5 Å². The van der Waals surface area contributed by atoms with Gasteiger partial charge in [0.2, 0.25) is 5.88 Å². The molecule has 6 nitrogen and oxygen atoms in total. The van der Waals surface area contributed by atoms with Crippen LogP contribution in [0.2, 0.25) is 0 Å². The molecule has 1 heterocycles. The van der Waals surface area contributed by atoms with E-state index in [2.05, 4.69) is 5.10 Å². The fourth-order valence-electron chi connectivity index (χ4n) is 1.92. The van der Waals surface area contributed by atoms with Gasteiger partial charge in [0.25, 0.3) is 5.56 Å². The van der Waals surface area contributed by atoms with E-state index in [1.54, 1.807) is 0 Å². The zero-order valence-corrected chi connectivity index (χ0v) is 11.0. The molecule has 22 heavy (non-hydrogen) atoms. The first kappa shape index (κ1) is 15.7. The van der Waals surface area contributed by atoms with E-state index in [0.29, 0.717) is 0 Å². The van der Waals surface area contributed by atoms with Crippen LogP contribution in [0.15, 0.2) is 29.1 Å². The molecule has 0 aliphatic carbocycles. The third-order valence-electron chi connectivity index (χ3n) is 2.99. The van der Waals surface area contributed by atoms with Crippen molar-refractivity contribution in [3.8, 4) is 11.6 Å². The summed E-state index contributed by atoms with van der Waals surface area (Å²) in [7, 11) is 0. The second-order valence-corrected chi connectivity index (χ2v) is 4.52. The lowest BCUT2D eigenvalue weighted by Crippen LogP contribution is -2.09. The molecule has 0 fully saturated rings. The first-order valence-corrected chi connectivity index (χ1v) is 6.12. The minimum atomic E-state index is -4.56. The Bertz CT molecular complexity index is 761. The molecule has 1 aromatic carbocycles. The quantitative estimate of drug-likeness (QED) is 0.803. The van der Waals surface area contributed by atoms with Crippen LogP contribution in [-0.2, 0) is 17.4 Å². The Labute approximate surface area is 121 Å². The number of aromatic nitrogens is 2. The third-order valence-corrected chi connectivity index (χ3v) is 2.99. The van der Waals surface area contributed by atoms with E-state index in [4.69, 9.17) is 5.11 Å². The summed E-state index contributed by atoms with van der Waals surface area (Å²) in [5, 5.41) is 20.7. The predicted molar refractivity (Wildman–Crippen MR) is 69.0 cm³/mol. The number of aliphatic carboxylic acids is 1. The number of carboxylic acid groups (broad SMARTS) is 1. The summed E-state index contributed by atoms with van der Waals surface area (Å²) in [6.07, 6.45) is -5.18. The molecule has 0 spiro atoms. The molecule has 9 heteroatoms. The van der Waals surface area contributed by atoms with Gasteiger partial charge in [-0.3, -0.25) is 14.7 Å². The molecule has 0 bridgehead atoms. The van der Waals surface area contributed by atoms with Gasteiger partial charge < -0.3 is 10.2 Å². The number of hydrogen-bond acceptors (Lipinski definition) is 3. The highest BCUT2D eigenvalue weighted by Crippen LogP contribution is 2.31. The fourth-order valence-corrected chi connectivity index (χ4v) is 1.92. The second kappa shape index (κ2) is 5.58. The van der Waals surface area contributed by atoms with Crippen molar-refractivity contribution in [1.82, 2.24) is 9.78 Å². The summed E-state index contributed by atoms with van der Waals surface area (Å²) < 4.78 is 38.8. The number of aromatic hydroxyl groups is 1. The van der Waals surface area contributed by atoms with Gasteiger partial charge in [-0.15, -0.1) is 0 Å². The molecule has 0 amide bonds. The Hall–Kier alpha value is -2.71. The number of nitrogens with one attached hydrogen (secondary N) is 1. The number of halogens is 3. The van der Waals surface area contributed by atoms with Crippen molar-refractivity contribution in [1.29, 1.82) is 0 Å². The Balaban J connectivity index is 2.44. The summed E-state index contributed by atoms with van der Waals surface area (Å²) in [5.74, 6) is -1.77. The summed E-state index contributed by atoms with van der Waals surface area (Å²) in [6.45, 7) is 0. The smallest absolute Gasteiger partial charge is 0.416 e. The highest BCUT2D eigenvalue weighted by molar-refractivity contribution is 5.67. The number of nitrogens with zero attached hydrogens (tertiary/aromatic N) is 1. The maximum Gasteiger partial charge on any atom is 0.416 e. The van der Waals surface area contributed by atoms with Crippen LogP contribution in [-0.4, -0.2) is 26.0 Å². The highest BCUT2D eigenvalue weighted by Gasteiger charge is 2.30.